The summed E-state index contributed by atoms with van der Waals surface area (Å²) >= 11 is 0. The number of aromatic amines is 1. The fraction of sp³-hybridized carbons (Fsp3) is 0.476. The minimum Gasteiger partial charge on any atom is -0.354 e. The van der Waals surface area contributed by atoms with Crippen molar-refractivity contribution in [2.75, 3.05) is 25.0 Å². The molecule has 1 saturated heterocycles. The first-order valence-corrected chi connectivity index (χ1v) is 9.95. The van der Waals surface area contributed by atoms with Crippen LogP contribution >= 0.6 is 0 Å². The van der Waals surface area contributed by atoms with Crippen molar-refractivity contribution in [2.45, 2.75) is 45.6 Å². The second-order valence-corrected chi connectivity index (χ2v) is 7.51. The van der Waals surface area contributed by atoms with Gasteiger partial charge in [-0.2, -0.15) is 0 Å². The van der Waals surface area contributed by atoms with Gasteiger partial charge in [-0.1, -0.05) is 19.1 Å². The molecule has 1 atom stereocenters. The van der Waals surface area contributed by atoms with Crippen LogP contribution in [-0.2, 0) is 6.54 Å². The van der Waals surface area contributed by atoms with Gasteiger partial charge in [-0.25, -0.2) is 15.0 Å². The number of nitrogens with one attached hydrogen (secondary N) is 2. The van der Waals surface area contributed by atoms with Gasteiger partial charge in [-0.05, 0) is 44.4 Å². The van der Waals surface area contributed by atoms with E-state index >= 15 is 0 Å². The van der Waals surface area contributed by atoms with E-state index in [4.69, 9.17) is 4.98 Å². The zero-order valence-corrected chi connectivity index (χ0v) is 16.2. The van der Waals surface area contributed by atoms with Gasteiger partial charge in [0.05, 0.1) is 11.0 Å². The predicted molar refractivity (Wildman–Crippen MR) is 109 cm³/mol. The van der Waals surface area contributed by atoms with E-state index in [1.54, 1.807) is 0 Å². The Labute approximate surface area is 160 Å². The second-order valence-electron chi connectivity index (χ2n) is 7.51. The molecule has 0 saturated carbocycles. The normalized spacial score (nSPS) is 18.1. The molecule has 1 aliphatic heterocycles. The van der Waals surface area contributed by atoms with Crippen molar-refractivity contribution in [3.63, 3.8) is 0 Å². The maximum absolute atomic E-state index is 4.90. The van der Waals surface area contributed by atoms with Crippen LogP contribution in [0.4, 0.5) is 5.95 Å². The van der Waals surface area contributed by atoms with Crippen LogP contribution in [0.15, 0.2) is 30.6 Å². The number of fused-ring (bicyclic) bond motifs is 1. The zero-order chi connectivity index (χ0) is 18.6. The molecule has 142 valence electrons. The van der Waals surface area contributed by atoms with Crippen molar-refractivity contribution < 1.29 is 0 Å². The molecule has 1 aliphatic rings. The number of likely N-dealkylation sites (tertiary alicyclic amines) is 1. The van der Waals surface area contributed by atoms with Gasteiger partial charge in [0.1, 0.15) is 5.82 Å². The quantitative estimate of drug-likeness (QED) is 0.695. The van der Waals surface area contributed by atoms with Gasteiger partial charge < -0.3 is 10.3 Å². The average Bonchev–Trinajstić information content (AvgIpc) is 3.14. The molecule has 1 aromatic carbocycles. The number of aromatic nitrogens is 4. The molecule has 0 spiro atoms. The number of piperidine rings is 1. The number of H-pyrrole nitrogens is 1. The summed E-state index contributed by atoms with van der Waals surface area (Å²) in [5, 5.41) is 3.22. The fourth-order valence-electron chi connectivity index (χ4n) is 3.83. The lowest BCUT2D eigenvalue weighted by atomic mass is 9.97. The lowest BCUT2D eigenvalue weighted by Crippen LogP contribution is -2.34. The topological polar surface area (TPSA) is 69.7 Å². The number of imidazole rings is 1. The Kier molecular flexibility index (Phi) is 5.34. The Morgan fingerprint density at radius 1 is 1.26 bits per heavy atom. The summed E-state index contributed by atoms with van der Waals surface area (Å²) in [5.41, 5.74) is 4.65. The highest BCUT2D eigenvalue weighted by Crippen LogP contribution is 2.28. The van der Waals surface area contributed by atoms with Crippen molar-refractivity contribution in [1.29, 1.82) is 0 Å². The maximum atomic E-state index is 4.90. The van der Waals surface area contributed by atoms with Crippen LogP contribution < -0.4 is 5.32 Å². The van der Waals surface area contributed by atoms with E-state index in [9.17, 15) is 0 Å². The van der Waals surface area contributed by atoms with Gasteiger partial charge in [-0.15, -0.1) is 0 Å². The van der Waals surface area contributed by atoms with E-state index in [1.165, 1.54) is 18.4 Å². The smallest absolute Gasteiger partial charge is 0.222 e. The molecular formula is C21H28N6. The monoisotopic (exact) mass is 364 g/mol. The third-order valence-corrected chi connectivity index (χ3v) is 5.27. The molecule has 0 radical (unpaired) electrons. The number of hydrogen-bond acceptors (Lipinski definition) is 5. The summed E-state index contributed by atoms with van der Waals surface area (Å²) in [6.45, 7) is 8.20. The summed E-state index contributed by atoms with van der Waals surface area (Å²) in [7, 11) is 0. The Morgan fingerprint density at radius 2 is 2.11 bits per heavy atom. The van der Waals surface area contributed by atoms with Crippen LogP contribution in [0.25, 0.3) is 11.0 Å². The molecule has 6 heteroatoms. The maximum Gasteiger partial charge on any atom is 0.222 e. The van der Waals surface area contributed by atoms with Crippen LogP contribution in [0.3, 0.4) is 0 Å². The Hall–Kier alpha value is -2.47. The molecule has 2 N–H and O–H groups in total. The third kappa shape index (κ3) is 4.11. The van der Waals surface area contributed by atoms with Crippen molar-refractivity contribution in [1.82, 2.24) is 24.8 Å². The molecular weight excluding hydrogens is 336 g/mol. The molecule has 0 amide bonds. The van der Waals surface area contributed by atoms with Gasteiger partial charge >= 0.3 is 0 Å². The van der Waals surface area contributed by atoms with E-state index in [0.717, 1.165) is 61.0 Å². The average molecular weight is 364 g/mol. The van der Waals surface area contributed by atoms with Crippen molar-refractivity contribution >= 4 is 17.0 Å². The van der Waals surface area contributed by atoms with Gasteiger partial charge in [-0.3, -0.25) is 4.90 Å². The lowest BCUT2D eigenvalue weighted by molar-refractivity contribution is 0.197. The molecule has 3 heterocycles. The number of rotatable bonds is 6. The number of anilines is 1. The van der Waals surface area contributed by atoms with Crippen molar-refractivity contribution in [3.8, 4) is 0 Å². The first-order chi connectivity index (χ1) is 13.2. The summed E-state index contributed by atoms with van der Waals surface area (Å²) in [5.74, 6) is 2.30. The van der Waals surface area contributed by atoms with Gasteiger partial charge in [0.25, 0.3) is 0 Å². The number of nitrogens with zero attached hydrogens (tertiary/aromatic N) is 4. The minimum atomic E-state index is 0.456. The van der Waals surface area contributed by atoms with Gasteiger partial charge in [0.2, 0.25) is 5.95 Å². The fourth-order valence-corrected chi connectivity index (χ4v) is 3.83. The number of hydrogen-bond donors (Lipinski definition) is 2. The van der Waals surface area contributed by atoms with E-state index < -0.39 is 0 Å². The molecule has 27 heavy (non-hydrogen) atoms. The molecule has 4 rings (SSSR count). The van der Waals surface area contributed by atoms with Crippen molar-refractivity contribution in [3.05, 3.63) is 47.5 Å². The number of aryl methyl sites for hydroxylation is 1. The second kappa shape index (κ2) is 8.05. The number of para-hydroxylation sites is 1. The molecule has 3 aromatic rings. The highest BCUT2D eigenvalue weighted by Gasteiger charge is 2.24. The SMILES string of the molecule is CCCNc1ncc(CN2CCCC(c3nc4c(C)cccc4[nH]3)C2)cn1. The summed E-state index contributed by atoms with van der Waals surface area (Å²) in [6, 6.07) is 6.33. The number of benzene rings is 1. The van der Waals surface area contributed by atoms with Crippen LogP contribution in [0, 0.1) is 6.92 Å². The minimum absolute atomic E-state index is 0.456. The lowest BCUT2D eigenvalue weighted by Gasteiger charge is -2.31. The standard InChI is InChI=1S/C21H28N6/c1-3-9-22-21-23-11-16(12-24-21)13-27-10-5-7-17(14-27)20-25-18-8-4-6-15(2)19(18)26-20/h4,6,8,11-12,17H,3,5,7,9-10,13-14H2,1-2H3,(H,25,26)(H,22,23,24). The Morgan fingerprint density at radius 3 is 2.89 bits per heavy atom. The van der Waals surface area contributed by atoms with E-state index in [1.807, 2.05) is 12.4 Å². The molecule has 1 unspecified atom stereocenters. The largest absolute Gasteiger partial charge is 0.354 e. The summed E-state index contributed by atoms with van der Waals surface area (Å²) < 4.78 is 0. The Balaban J connectivity index is 1.42. The molecule has 6 nitrogen and oxygen atoms in total. The highest BCUT2D eigenvalue weighted by atomic mass is 15.1. The molecule has 1 fully saturated rings. The van der Waals surface area contributed by atoms with Gasteiger partial charge in [0, 0.05) is 43.5 Å². The molecule has 2 aromatic heterocycles. The first kappa shape index (κ1) is 17.9. The van der Waals surface area contributed by atoms with E-state index in [0.29, 0.717) is 5.92 Å². The van der Waals surface area contributed by atoms with E-state index in [2.05, 4.69) is 57.2 Å². The third-order valence-electron chi connectivity index (χ3n) is 5.27. The van der Waals surface area contributed by atoms with Crippen molar-refractivity contribution in [2.24, 2.45) is 0 Å². The summed E-state index contributed by atoms with van der Waals surface area (Å²) in [4.78, 5) is 19.8. The van der Waals surface area contributed by atoms with Gasteiger partial charge in [0.15, 0.2) is 0 Å². The molecule has 0 bridgehead atoms. The zero-order valence-electron chi connectivity index (χ0n) is 16.2. The first-order valence-electron chi connectivity index (χ1n) is 9.95. The highest BCUT2D eigenvalue weighted by molar-refractivity contribution is 5.78. The Bertz CT molecular complexity index is 885. The van der Waals surface area contributed by atoms with Crippen LogP contribution in [0.2, 0.25) is 0 Å². The van der Waals surface area contributed by atoms with Crippen LogP contribution in [0.5, 0.6) is 0 Å². The summed E-state index contributed by atoms with van der Waals surface area (Å²) in [6.07, 6.45) is 7.34. The predicted octanol–water partition coefficient (Wildman–Crippen LogP) is 3.86. The van der Waals surface area contributed by atoms with Crippen LogP contribution in [-0.4, -0.2) is 44.5 Å². The van der Waals surface area contributed by atoms with E-state index in [-0.39, 0.29) is 0 Å². The molecule has 0 aliphatic carbocycles. The van der Waals surface area contributed by atoms with Crippen LogP contribution in [0.1, 0.15) is 49.1 Å².